The number of fused-ring (bicyclic) bond motifs is 1. The van der Waals surface area contributed by atoms with Crippen LogP contribution in [0.4, 0.5) is 5.69 Å². The summed E-state index contributed by atoms with van der Waals surface area (Å²) in [6, 6.07) is 16.6. The molecule has 2 aliphatic rings. The third-order valence-electron chi connectivity index (χ3n) is 6.50. The third-order valence-corrected chi connectivity index (χ3v) is 7.61. The zero-order chi connectivity index (χ0) is 22.9. The van der Waals surface area contributed by atoms with Crippen molar-refractivity contribution < 1.29 is 29.9 Å². The van der Waals surface area contributed by atoms with E-state index >= 15 is 0 Å². The summed E-state index contributed by atoms with van der Waals surface area (Å²) in [5, 5.41) is 42.3. The lowest BCUT2D eigenvalue weighted by molar-refractivity contribution is -0.231. The maximum Gasteiger partial charge on any atom is 0.114 e. The summed E-state index contributed by atoms with van der Waals surface area (Å²) in [4.78, 5) is 3.42. The Labute approximate surface area is 196 Å². The van der Waals surface area contributed by atoms with Crippen molar-refractivity contribution in [2.45, 2.75) is 36.9 Å². The van der Waals surface area contributed by atoms with Crippen LogP contribution in [0, 0.1) is 0 Å². The van der Waals surface area contributed by atoms with Gasteiger partial charge in [0.15, 0.2) is 0 Å². The van der Waals surface area contributed by atoms with E-state index in [0.717, 1.165) is 23.2 Å². The average molecular weight is 472 g/mol. The second-order valence-corrected chi connectivity index (χ2v) is 9.84. The summed E-state index contributed by atoms with van der Waals surface area (Å²) in [6.45, 7) is 2.19. The van der Waals surface area contributed by atoms with E-state index < -0.39 is 37.1 Å². The first-order valence-corrected chi connectivity index (χ1v) is 12.1. The van der Waals surface area contributed by atoms with Crippen molar-refractivity contribution in [2.24, 2.45) is 0 Å². The summed E-state index contributed by atoms with van der Waals surface area (Å²) < 4.78 is 12.7. The van der Waals surface area contributed by atoms with Crippen molar-refractivity contribution in [2.75, 3.05) is 37.8 Å². The van der Waals surface area contributed by atoms with Crippen molar-refractivity contribution in [3.63, 3.8) is 0 Å². The van der Waals surface area contributed by atoms with Gasteiger partial charge in [-0.25, -0.2) is 0 Å². The van der Waals surface area contributed by atoms with Crippen molar-refractivity contribution >= 4 is 27.1 Å². The number of anilines is 1. The Morgan fingerprint density at radius 3 is 2.48 bits per heavy atom. The van der Waals surface area contributed by atoms with E-state index in [1.54, 1.807) is 11.3 Å². The van der Waals surface area contributed by atoms with Gasteiger partial charge in [0.1, 0.15) is 30.5 Å². The number of ether oxygens (including phenoxy) is 2. The molecule has 0 spiro atoms. The highest BCUT2D eigenvalue weighted by Crippen LogP contribution is 2.39. The molecule has 0 aliphatic carbocycles. The van der Waals surface area contributed by atoms with Gasteiger partial charge in [0, 0.05) is 40.3 Å². The SMILES string of the molecule is OC[C@H]1O[C@@H](c2cc(Cc3cc4ccccc4s3)ccc2N2CCOCC2)[C@H](O)[C@@H](O)[C@@H]1O. The predicted molar refractivity (Wildman–Crippen MR) is 127 cm³/mol. The highest BCUT2D eigenvalue weighted by Gasteiger charge is 2.45. The van der Waals surface area contributed by atoms with E-state index in [1.807, 2.05) is 24.3 Å². The van der Waals surface area contributed by atoms with Crippen LogP contribution in [0.3, 0.4) is 0 Å². The molecule has 0 unspecified atom stereocenters. The Balaban J connectivity index is 1.51. The molecule has 0 saturated carbocycles. The molecule has 5 rings (SSSR count). The molecule has 0 amide bonds. The van der Waals surface area contributed by atoms with Gasteiger partial charge < -0.3 is 34.8 Å². The molecule has 0 radical (unpaired) electrons. The molecule has 176 valence electrons. The number of benzene rings is 2. The Kier molecular flexibility index (Phi) is 6.67. The molecule has 1 aromatic heterocycles. The number of morpholine rings is 1. The van der Waals surface area contributed by atoms with Crippen LogP contribution >= 0.6 is 11.3 Å². The number of rotatable bonds is 5. The van der Waals surface area contributed by atoms with Gasteiger partial charge in [0.25, 0.3) is 0 Å². The summed E-state index contributed by atoms with van der Waals surface area (Å²) >= 11 is 1.76. The highest BCUT2D eigenvalue weighted by molar-refractivity contribution is 7.19. The maximum absolute atomic E-state index is 10.8. The molecule has 2 aliphatic heterocycles. The average Bonchev–Trinajstić information content (AvgIpc) is 3.26. The molecule has 8 heteroatoms. The Bertz CT molecular complexity index is 1060. The van der Waals surface area contributed by atoms with Crippen LogP contribution in [-0.4, -0.2) is 77.8 Å². The minimum atomic E-state index is -1.41. The minimum Gasteiger partial charge on any atom is -0.394 e. The minimum absolute atomic E-state index is 0.449. The Morgan fingerprint density at radius 2 is 1.73 bits per heavy atom. The van der Waals surface area contributed by atoms with E-state index in [1.165, 1.54) is 15.0 Å². The Morgan fingerprint density at radius 1 is 0.939 bits per heavy atom. The van der Waals surface area contributed by atoms with Crippen LogP contribution < -0.4 is 4.90 Å². The molecular weight excluding hydrogens is 442 g/mol. The molecule has 7 nitrogen and oxygen atoms in total. The van der Waals surface area contributed by atoms with Gasteiger partial charge in [-0.3, -0.25) is 0 Å². The van der Waals surface area contributed by atoms with Crippen molar-refractivity contribution in [1.29, 1.82) is 0 Å². The van der Waals surface area contributed by atoms with Crippen LogP contribution in [-0.2, 0) is 15.9 Å². The largest absolute Gasteiger partial charge is 0.394 e. The summed E-state index contributed by atoms with van der Waals surface area (Å²) in [5.41, 5.74) is 2.71. The van der Waals surface area contributed by atoms with Crippen molar-refractivity contribution in [3.8, 4) is 0 Å². The predicted octanol–water partition coefficient (Wildman–Crippen LogP) is 1.84. The zero-order valence-electron chi connectivity index (χ0n) is 18.2. The first-order chi connectivity index (χ1) is 16.0. The second kappa shape index (κ2) is 9.68. The first-order valence-electron chi connectivity index (χ1n) is 11.3. The lowest BCUT2D eigenvalue weighted by atomic mass is 9.89. The molecule has 0 bridgehead atoms. The fourth-order valence-electron chi connectivity index (χ4n) is 4.72. The third kappa shape index (κ3) is 4.52. The lowest BCUT2D eigenvalue weighted by Gasteiger charge is -2.42. The number of aliphatic hydroxyl groups excluding tert-OH is 4. The van der Waals surface area contributed by atoms with E-state index in [4.69, 9.17) is 9.47 Å². The number of aliphatic hydroxyl groups is 4. The molecule has 3 aromatic rings. The Hall–Kier alpha value is -2.04. The van der Waals surface area contributed by atoms with E-state index in [-0.39, 0.29) is 0 Å². The molecular formula is C25H29NO6S. The molecule has 5 atom stereocenters. The fourth-order valence-corrected chi connectivity index (χ4v) is 5.82. The van der Waals surface area contributed by atoms with E-state index in [2.05, 4.69) is 29.2 Å². The van der Waals surface area contributed by atoms with Gasteiger partial charge in [0.2, 0.25) is 0 Å². The van der Waals surface area contributed by atoms with Gasteiger partial charge in [0.05, 0.1) is 19.8 Å². The van der Waals surface area contributed by atoms with Crippen LogP contribution in [0.1, 0.15) is 22.1 Å². The molecule has 33 heavy (non-hydrogen) atoms. The van der Waals surface area contributed by atoms with Crippen LogP contribution in [0.5, 0.6) is 0 Å². The van der Waals surface area contributed by atoms with Gasteiger partial charge in [-0.05, 0) is 29.1 Å². The normalized spacial score (nSPS) is 28.4. The molecule has 2 fully saturated rings. The monoisotopic (exact) mass is 471 g/mol. The number of nitrogens with zero attached hydrogens (tertiary/aromatic N) is 1. The van der Waals surface area contributed by atoms with Gasteiger partial charge in [-0.2, -0.15) is 0 Å². The van der Waals surface area contributed by atoms with Gasteiger partial charge >= 0.3 is 0 Å². The fraction of sp³-hybridized carbons (Fsp3) is 0.440. The molecule has 4 N–H and O–H groups in total. The summed E-state index contributed by atoms with van der Waals surface area (Å²) in [7, 11) is 0. The topological polar surface area (TPSA) is 103 Å². The standard InChI is InChI=1S/C25H29NO6S/c27-14-20-22(28)23(29)24(30)25(32-20)18-12-15(5-6-19(18)26-7-9-31-10-8-26)11-17-13-16-3-1-2-4-21(16)33-17/h1-6,12-13,20,22-25,27-30H,7-11,14H2/t20-,22-,23+,24-,25+/m1/s1. The number of thiophene rings is 1. The number of hydrogen-bond donors (Lipinski definition) is 4. The molecule has 2 aromatic carbocycles. The van der Waals surface area contributed by atoms with Crippen LogP contribution in [0.25, 0.3) is 10.1 Å². The number of hydrogen-bond acceptors (Lipinski definition) is 8. The van der Waals surface area contributed by atoms with E-state index in [0.29, 0.717) is 26.3 Å². The second-order valence-electron chi connectivity index (χ2n) is 8.67. The molecule has 3 heterocycles. The summed E-state index contributed by atoms with van der Waals surface area (Å²) in [5.74, 6) is 0. The quantitative estimate of drug-likeness (QED) is 0.450. The van der Waals surface area contributed by atoms with Crippen LogP contribution in [0.15, 0.2) is 48.5 Å². The van der Waals surface area contributed by atoms with E-state index in [9.17, 15) is 20.4 Å². The first kappa shape index (κ1) is 22.7. The highest BCUT2D eigenvalue weighted by atomic mass is 32.1. The van der Waals surface area contributed by atoms with Gasteiger partial charge in [-0.15, -0.1) is 11.3 Å². The summed E-state index contributed by atoms with van der Waals surface area (Å²) in [6.07, 6.45) is -5.20. The van der Waals surface area contributed by atoms with Crippen molar-refractivity contribution in [3.05, 3.63) is 64.5 Å². The molecule has 2 saturated heterocycles. The smallest absolute Gasteiger partial charge is 0.114 e. The van der Waals surface area contributed by atoms with Crippen LogP contribution in [0.2, 0.25) is 0 Å². The van der Waals surface area contributed by atoms with Gasteiger partial charge in [-0.1, -0.05) is 30.3 Å². The zero-order valence-corrected chi connectivity index (χ0v) is 19.0. The lowest BCUT2D eigenvalue weighted by Crippen LogP contribution is -2.55. The van der Waals surface area contributed by atoms with Crippen molar-refractivity contribution in [1.82, 2.24) is 0 Å². The maximum atomic E-state index is 10.8.